The quantitative estimate of drug-likeness (QED) is 0.846. The van der Waals surface area contributed by atoms with E-state index in [1.54, 1.807) is 11.8 Å². The average molecular weight is 282 g/mol. The normalized spacial score (nSPS) is 31.6. The highest BCUT2D eigenvalue weighted by Gasteiger charge is 2.39. The number of hydrogen-bond acceptors (Lipinski definition) is 3. The van der Waals surface area contributed by atoms with E-state index in [9.17, 15) is 9.59 Å². The lowest BCUT2D eigenvalue weighted by atomic mass is 9.98. The van der Waals surface area contributed by atoms with Crippen LogP contribution in [0.1, 0.15) is 46.5 Å². The van der Waals surface area contributed by atoms with Gasteiger partial charge in [-0.1, -0.05) is 13.8 Å². The van der Waals surface area contributed by atoms with E-state index in [0.29, 0.717) is 18.9 Å². The Bertz CT molecular complexity index is 364. The minimum atomic E-state index is -0.392. The number of ether oxygens (including phenoxy) is 1. The number of nitrogens with zero attached hydrogens (tertiary/aromatic N) is 1. The van der Waals surface area contributed by atoms with E-state index < -0.39 is 6.04 Å². The number of carbonyl (C=O) groups excluding carboxylic acids is 2. The van der Waals surface area contributed by atoms with Crippen LogP contribution >= 0.6 is 0 Å². The molecule has 0 saturated carbocycles. The van der Waals surface area contributed by atoms with Crippen molar-refractivity contribution in [3.8, 4) is 0 Å². The van der Waals surface area contributed by atoms with E-state index >= 15 is 0 Å². The number of carbonyl (C=O) groups is 2. The Kier molecular flexibility index (Phi) is 5.02. The maximum Gasteiger partial charge on any atom is 0.245 e. The van der Waals surface area contributed by atoms with Gasteiger partial charge in [-0.15, -0.1) is 0 Å². The predicted molar refractivity (Wildman–Crippen MR) is 76.2 cm³/mol. The Hall–Kier alpha value is -1.10. The van der Waals surface area contributed by atoms with E-state index in [1.165, 1.54) is 0 Å². The lowest BCUT2D eigenvalue weighted by Crippen LogP contribution is -2.63. The smallest absolute Gasteiger partial charge is 0.245 e. The van der Waals surface area contributed by atoms with Gasteiger partial charge in [0.05, 0.1) is 6.10 Å². The zero-order chi connectivity index (χ0) is 14.7. The summed E-state index contributed by atoms with van der Waals surface area (Å²) in [7, 11) is 0. The van der Waals surface area contributed by atoms with Crippen LogP contribution < -0.4 is 5.32 Å². The summed E-state index contributed by atoms with van der Waals surface area (Å²) in [6.07, 6.45) is 3.99. The summed E-state index contributed by atoms with van der Waals surface area (Å²) in [4.78, 5) is 26.3. The molecule has 0 aromatic rings. The summed E-state index contributed by atoms with van der Waals surface area (Å²) >= 11 is 0. The molecular formula is C15H26N2O3. The van der Waals surface area contributed by atoms with E-state index in [1.807, 2.05) is 0 Å². The number of nitrogens with one attached hydrogen (secondary N) is 1. The zero-order valence-electron chi connectivity index (χ0n) is 12.7. The van der Waals surface area contributed by atoms with Gasteiger partial charge in [-0.05, 0) is 38.5 Å². The van der Waals surface area contributed by atoms with Crippen molar-refractivity contribution < 1.29 is 14.3 Å². The lowest BCUT2D eigenvalue weighted by molar-refractivity contribution is -0.151. The van der Waals surface area contributed by atoms with Crippen LogP contribution in [0, 0.1) is 5.92 Å². The Balaban J connectivity index is 2.03. The van der Waals surface area contributed by atoms with Crippen LogP contribution in [0.4, 0.5) is 0 Å². The number of hydrogen-bond donors (Lipinski definition) is 1. The molecule has 2 saturated heterocycles. The van der Waals surface area contributed by atoms with Gasteiger partial charge in [0.2, 0.25) is 11.8 Å². The third kappa shape index (κ3) is 3.51. The third-order valence-corrected chi connectivity index (χ3v) is 4.13. The number of amides is 2. The first-order valence-electron chi connectivity index (χ1n) is 7.71. The van der Waals surface area contributed by atoms with Crippen LogP contribution in [0.2, 0.25) is 0 Å². The molecule has 5 nitrogen and oxygen atoms in total. The maximum absolute atomic E-state index is 12.5. The monoisotopic (exact) mass is 282 g/mol. The fraction of sp³-hybridized carbons (Fsp3) is 0.867. The van der Waals surface area contributed by atoms with Crippen LogP contribution in [0.15, 0.2) is 0 Å². The second-order valence-corrected chi connectivity index (χ2v) is 6.35. The Morgan fingerprint density at radius 1 is 1.35 bits per heavy atom. The molecule has 2 heterocycles. The fourth-order valence-corrected chi connectivity index (χ4v) is 2.94. The number of piperazine rings is 1. The highest BCUT2D eigenvalue weighted by Crippen LogP contribution is 2.19. The average Bonchev–Trinajstić information content (AvgIpc) is 2.41. The number of rotatable bonds is 4. The first-order chi connectivity index (χ1) is 9.49. The molecule has 0 aromatic carbocycles. The molecule has 0 radical (unpaired) electrons. The third-order valence-electron chi connectivity index (χ3n) is 4.13. The predicted octanol–water partition coefficient (Wildman–Crippen LogP) is 1.32. The Morgan fingerprint density at radius 3 is 2.70 bits per heavy atom. The standard InChI is InChI=1S/C15H26N2O3/c1-10(2)8-13-15(19)17(11(3)14(18)16-13)9-12-6-4-5-7-20-12/h10-13H,4-9H2,1-3H3,(H,16,18). The topological polar surface area (TPSA) is 58.6 Å². The highest BCUT2D eigenvalue weighted by molar-refractivity contribution is 5.96. The SMILES string of the molecule is CC(C)CC1NC(=O)C(C)N(CC2CCCCO2)C1=O. The second-order valence-electron chi connectivity index (χ2n) is 6.35. The molecule has 2 rings (SSSR count). The summed E-state index contributed by atoms with van der Waals surface area (Å²) in [6.45, 7) is 7.23. The van der Waals surface area contributed by atoms with Crippen molar-refractivity contribution in [3.05, 3.63) is 0 Å². The Morgan fingerprint density at radius 2 is 2.10 bits per heavy atom. The van der Waals surface area contributed by atoms with Crippen LogP contribution in [-0.4, -0.2) is 48.1 Å². The second kappa shape index (κ2) is 6.57. The molecule has 3 atom stereocenters. The molecule has 0 aromatic heterocycles. The molecule has 2 amide bonds. The van der Waals surface area contributed by atoms with Gasteiger partial charge in [0.25, 0.3) is 0 Å². The van der Waals surface area contributed by atoms with Gasteiger partial charge in [0.1, 0.15) is 12.1 Å². The molecule has 2 aliphatic heterocycles. The summed E-state index contributed by atoms with van der Waals surface area (Å²) in [5.74, 6) is 0.372. The van der Waals surface area contributed by atoms with Gasteiger partial charge in [0.15, 0.2) is 0 Å². The lowest BCUT2D eigenvalue weighted by Gasteiger charge is -2.40. The molecule has 2 fully saturated rings. The Labute approximate surface area is 121 Å². The van der Waals surface area contributed by atoms with Crippen molar-refractivity contribution >= 4 is 11.8 Å². The molecule has 5 heteroatoms. The van der Waals surface area contributed by atoms with Crippen molar-refractivity contribution in [2.75, 3.05) is 13.2 Å². The molecule has 20 heavy (non-hydrogen) atoms. The van der Waals surface area contributed by atoms with Crippen molar-refractivity contribution in [2.24, 2.45) is 5.92 Å². The maximum atomic E-state index is 12.5. The molecule has 0 spiro atoms. The van der Waals surface area contributed by atoms with Crippen LogP contribution in [0.3, 0.4) is 0 Å². The van der Waals surface area contributed by atoms with E-state index in [2.05, 4.69) is 19.2 Å². The van der Waals surface area contributed by atoms with Crippen molar-refractivity contribution in [1.29, 1.82) is 0 Å². The minimum Gasteiger partial charge on any atom is -0.376 e. The van der Waals surface area contributed by atoms with Crippen molar-refractivity contribution in [2.45, 2.75) is 64.6 Å². The largest absolute Gasteiger partial charge is 0.376 e. The molecule has 0 bridgehead atoms. The highest BCUT2D eigenvalue weighted by atomic mass is 16.5. The van der Waals surface area contributed by atoms with Gasteiger partial charge < -0.3 is 15.0 Å². The summed E-state index contributed by atoms with van der Waals surface area (Å²) in [5, 5.41) is 2.84. The van der Waals surface area contributed by atoms with Gasteiger partial charge in [0, 0.05) is 13.2 Å². The van der Waals surface area contributed by atoms with E-state index in [-0.39, 0.29) is 24.0 Å². The van der Waals surface area contributed by atoms with Gasteiger partial charge >= 0.3 is 0 Å². The van der Waals surface area contributed by atoms with Gasteiger partial charge in [-0.2, -0.15) is 0 Å². The van der Waals surface area contributed by atoms with E-state index in [0.717, 1.165) is 25.9 Å². The van der Waals surface area contributed by atoms with Crippen LogP contribution in [0.5, 0.6) is 0 Å². The fourth-order valence-electron chi connectivity index (χ4n) is 2.94. The first-order valence-corrected chi connectivity index (χ1v) is 7.71. The molecular weight excluding hydrogens is 256 g/mol. The van der Waals surface area contributed by atoms with Crippen molar-refractivity contribution in [1.82, 2.24) is 10.2 Å². The first kappa shape index (κ1) is 15.3. The van der Waals surface area contributed by atoms with E-state index in [4.69, 9.17) is 4.74 Å². The minimum absolute atomic E-state index is 0.0416. The molecule has 1 N–H and O–H groups in total. The molecule has 2 aliphatic rings. The molecule has 0 aliphatic carbocycles. The van der Waals surface area contributed by atoms with Crippen LogP contribution in [-0.2, 0) is 14.3 Å². The summed E-state index contributed by atoms with van der Waals surface area (Å²) < 4.78 is 5.70. The molecule has 3 unspecified atom stereocenters. The zero-order valence-corrected chi connectivity index (χ0v) is 12.7. The summed E-state index contributed by atoms with van der Waals surface area (Å²) in [5.41, 5.74) is 0. The van der Waals surface area contributed by atoms with Crippen LogP contribution in [0.25, 0.3) is 0 Å². The van der Waals surface area contributed by atoms with Gasteiger partial charge in [-0.3, -0.25) is 9.59 Å². The van der Waals surface area contributed by atoms with Gasteiger partial charge in [-0.25, -0.2) is 0 Å². The summed E-state index contributed by atoms with van der Waals surface area (Å²) in [6, 6.07) is -0.765. The molecule has 114 valence electrons. The van der Waals surface area contributed by atoms with Crippen molar-refractivity contribution in [3.63, 3.8) is 0 Å².